The van der Waals surface area contributed by atoms with Crippen LogP contribution in [0.1, 0.15) is 35.8 Å². The summed E-state index contributed by atoms with van der Waals surface area (Å²) in [4.78, 5) is 14.8. The van der Waals surface area contributed by atoms with Gasteiger partial charge in [0, 0.05) is 18.4 Å². The van der Waals surface area contributed by atoms with Crippen LogP contribution in [0, 0.1) is 0 Å². The van der Waals surface area contributed by atoms with Crippen LogP contribution in [0.3, 0.4) is 0 Å². The van der Waals surface area contributed by atoms with Crippen molar-refractivity contribution >= 4 is 38.7 Å². The third-order valence-electron chi connectivity index (χ3n) is 4.23. The maximum atomic E-state index is 12.5. The highest BCUT2D eigenvalue weighted by Gasteiger charge is 2.21. The van der Waals surface area contributed by atoms with Crippen LogP contribution in [0.25, 0.3) is 0 Å². The molecule has 0 spiro atoms. The van der Waals surface area contributed by atoms with Crippen LogP contribution < -0.4 is 5.32 Å². The molecule has 142 valence electrons. The van der Waals surface area contributed by atoms with Gasteiger partial charge >= 0.3 is 0 Å². The Balaban J connectivity index is 2.18. The molecule has 2 aromatic rings. The Kier molecular flexibility index (Phi) is 7.23. The topological polar surface area (TPSA) is 66.5 Å². The van der Waals surface area contributed by atoms with Crippen molar-refractivity contribution in [2.24, 2.45) is 0 Å². The van der Waals surface area contributed by atoms with E-state index in [4.69, 9.17) is 11.6 Å². The van der Waals surface area contributed by atoms with Crippen molar-refractivity contribution in [3.05, 3.63) is 51.2 Å². The van der Waals surface area contributed by atoms with Crippen LogP contribution >= 0.6 is 22.9 Å². The fourth-order valence-corrected chi connectivity index (χ4v) is 4.82. The van der Waals surface area contributed by atoms with Gasteiger partial charge in [0.15, 0.2) is 9.84 Å². The Labute approximate surface area is 163 Å². The number of rotatable bonds is 8. The van der Waals surface area contributed by atoms with Gasteiger partial charge in [-0.1, -0.05) is 25.4 Å². The minimum absolute atomic E-state index is 0.0371. The first-order chi connectivity index (χ1) is 12.3. The molecular formula is C18H23ClN2O3S2. The number of amides is 1. The van der Waals surface area contributed by atoms with Gasteiger partial charge in [-0.3, -0.25) is 9.69 Å². The number of nitrogens with zero attached hydrogens (tertiary/aromatic N) is 1. The monoisotopic (exact) mass is 414 g/mol. The van der Waals surface area contributed by atoms with Gasteiger partial charge in [-0.05, 0) is 53.7 Å². The van der Waals surface area contributed by atoms with Crippen molar-refractivity contribution in [3.8, 4) is 0 Å². The molecule has 1 atom stereocenters. The number of carbonyl (C=O) groups excluding carboxylic acids is 1. The van der Waals surface area contributed by atoms with Crippen molar-refractivity contribution in [1.29, 1.82) is 0 Å². The summed E-state index contributed by atoms with van der Waals surface area (Å²) in [6, 6.07) is 6.42. The average Bonchev–Trinajstić information content (AvgIpc) is 3.12. The highest BCUT2D eigenvalue weighted by molar-refractivity contribution is 7.90. The number of nitrogens with one attached hydrogen (secondary N) is 1. The molecule has 1 heterocycles. The van der Waals surface area contributed by atoms with Gasteiger partial charge in [0.05, 0.1) is 16.0 Å². The smallest absolute Gasteiger partial charge is 0.251 e. The van der Waals surface area contributed by atoms with Crippen molar-refractivity contribution in [1.82, 2.24) is 10.2 Å². The average molecular weight is 415 g/mol. The first-order valence-corrected chi connectivity index (χ1v) is 11.5. The highest BCUT2D eigenvalue weighted by atomic mass is 35.5. The van der Waals surface area contributed by atoms with E-state index in [1.807, 2.05) is 5.38 Å². The van der Waals surface area contributed by atoms with Crippen molar-refractivity contribution in [3.63, 3.8) is 0 Å². The summed E-state index contributed by atoms with van der Waals surface area (Å²) in [5.41, 5.74) is 1.44. The number of carbonyl (C=O) groups is 1. The second-order valence-electron chi connectivity index (χ2n) is 5.92. The van der Waals surface area contributed by atoms with E-state index in [0.29, 0.717) is 6.54 Å². The molecular weight excluding hydrogens is 392 g/mol. The number of halogens is 1. The van der Waals surface area contributed by atoms with E-state index in [1.165, 1.54) is 18.2 Å². The van der Waals surface area contributed by atoms with E-state index in [1.54, 1.807) is 11.3 Å². The molecule has 1 unspecified atom stereocenters. The molecule has 2 rings (SSSR count). The van der Waals surface area contributed by atoms with Gasteiger partial charge in [-0.15, -0.1) is 0 Å². The maximum absolute atomic E-state index is 12.5. The van der Waals surface area contributed by atoms with Crippen LogP contribution in [-0.2, 0) is 9.84 Å². The van der Waals surface area contributed by atoms with E-state index in [9.17, 15) is 13.2 Å². The molecule has 1 N–H and O–H groups in total. The van der Waals surface area contributed by atoms with Gasteiger partial charge in [0.25, 0.3) is 5.91 Å². The van der Waals surface area contributed by atoms with Crippen LogP contribution in [-0.4, -0.2) is 45.1 Å². The molecule has 0 aliphatic heterocycles. The molecule has 0 saturated heterocycles. The van der Waals surface area contributed by atoms with Crippen molar-refractivity contribution < 1.29 is 13.2 Å². The molecule has 0 aliphatic carbocycles. The number of likely N-dealkylation sites (N-methyl/N-ethyl adjacent to an activating group) is 1. The number of thiophene rings is 1. The first kappa shape index (κ1) is 20.9. The molecule has 0 bridgehead atoms. The predicted molar refractivity (Wildman–Crippen MR) is 107 cm³/mol. The minimum Gasteiger partial charge on any atom is -0.350 e. The molecule has 0 saturated carbocycles. The number of hydrogen-bond acceptors (Lipinski definition) is 5. The van der Waals surface area contributed by atoms with Crippen LogP contribution in [0.5, 0.6) is 0 Å². The highest BCUT2D eigenvalue weighted by Crippen LogP contribution is 2.24. The van der Waals surface area contributed by atoms with Crippen molar-refractivity contribution in [2.45, 2.75) is 24.8 Å². The van der Waals surface area contributed by atoms with E-state index in [0.717, 1.165) is 24.9 Å². The second-order valence-corrected chi connectivity index (χ2v) is 9.09. The van der Waals surface area contributed by atoms with Gasteiger partial charge < -0.3 is 5.32 Å². The second kappa shape index (κ2) is 8.99. The summed E-state index contributed by atoms with van der Waals surface area (Å²) < 4.78 is 23.6. The molecule has 0 radical (unpaired) electrons. The lowest BCUT2D eigenvalue weighted by Gasteiger charge is -2.29. The number of hydrogen-bond donors (Lipinski definition) is 1. The lowest BCUT2D eigenvalue weighted by Crippen LogP contribution is -2.38. The summed E-state index contributed by atoms with van der Waals surface area (Å²) in [6.07, 6.45) is 1.07. The summed E-state index contributed by atoms with van der Waals surface area (Å²) in [7, 11) is -3.50. The zero-order chi connectivity index (χ0) is 19.3. The largest absolute Gasteiger partial charge is 0.350 e. The van der Waals surface area contributed by atoms with Crippen LogP contribution in [0.4, 0.5) is 0 Å². The molecule has 1 aromatic heterocycles. The van der Waals surface area contributed by atoms with E-state index in [-0.39, 0.29) is 27.4 Å². The summed E-state index contributed by atoms with van der Waals surface area (Å²) in [5.74, 6) is -0.320. The Morgan fingerprint density at radius 2 is 1.96 bits per heavy atom. The molecule has 1 amide bonds. The SMILES string of the molecule is CCN(CC)C(CNC(=O)c1ccc(Cl)c(S(C)(=O)=O)c1)c1ccsc1. The fourth-order valence-electron chi connectivity index (χ4n) is 2.81. The van der Waals surface area contributed by atoms with E-state index in [2.05, 4.69) is 35.5 Å². The third kappa shape index (κ3) is 5.07. The zero-order valence-corrected chi connectivity index (χ0v) is 17.4. The Morgan fingerprint density at radius 3 is 2.50 bits per heavy atom. The van der Waals surface area contributed by atoms with Gasteiger partial charge in [0.2, 0.25) is 0 Å². The summed E-state index contributed by atoms with van der Waals surface area (Å²) in [5, 5.41) is 7.14. The van der Waals surface area contributed by atoms with Gasteiger partial charge in [0.1, 0.15) is 0 Å². The molecule has 0 fully saturated rings. The molecule has 26 heavy (non-hydrogen) atoms. The Hall–Kier alpha value is -1.41. The van der Waals surface area contributed by atoms with Gasteiger partial charge in [-0.25, -0.2) is 8.42 Å². The molecule has 5 nitrogen and oxygen atoms in total. The van der Waals surface area contributed by atoms with Crippen LogP contribution in [0.15, 0.2) is 39.9 Å². The standard InChI is InChI=1S/C18H23ClN2O3S2/c1-4-21(5-2)16(14-8-9-25-12-14)11-20-18(22)13-6-7-15(19)17(10-13)26(3,23)24/h6-10,12,16H,4-5,11H2,1-3H3,(H,20,22). The number of sulfone groups is 1. The quantitative estimate of drug-likeness (QED) is 0.716. The fraction of sp³-hybridized carbons (Fsp3) is 0.389. The minimum atomic E-state index is -3.50. The summed E-state index contributed by atoms with van der Waals surface area (Å²) in [6.45, 7) is 6.34. The Bertz CT molecular complexity index is 847. The lowest BCUT2D eigenvalue weighted by atomic mass is 10.1. The Morgan fingerprint density at radius 1 is 1.27 bits per heavy atom. The molecule has 8 heteroatoms. The summed E-state index contributed by atoms with van der Waals surface area (Å²) >= 11 is 7.57. The third-order valence-corrected chi connectivity index (χ3v) is 6.51. The first-order valence-electron chi connectivity index (χ1n) is 8.31. The van der Waals surface area contributed by atoms with Crippen LogP contribution in [0.2, 0.25) is 5.02 Å². The zero-order valence-electron chi connectivity index (χ0n) is 15.0. The maximum Gasteiger partial charge on any atom is 0.251 e. The van der Waals surface area contributed by atoms with E-state index >= 15 is 0 Å². The lowest BCUT2D eigenvalue weighted by molar-refractivity contribution is 0.0935. The molecule has 0 aliphatic rings. The van der Waals surface area contributed by atoms with Crippen molar-refractivity contribution in [2.75, 3.05) is 25.9 Å². The normalized spacial score (nSPS) is 13.0. The number of benzene rings is 1. The van der Waals surface area contributed by atoms with E-state index < -0.39 is 9.84 Å². The predicted octanol–water partition coefficient (Wildman–Crippen LogP) is 3.62. The van der Waals surface area contributed by atoms with Gasteiger partial charge in [-0.2, -0.15) is 11.3 Å². The molecule has 1 aromatic carbocycles.